The summed E-state index contributed by atoms with van der Waals surface area (Å²) in [5.41, 5.74) is -0.304. The Bertz CT molecular complexity index is 633. The van der Waals surface area contributed by atoms with Crippen LogP contribution in [0.2, 0.25) is 0 Å². The number of alkyl carbamates (subject to hydrolysis) is 1. The van der Waals surface area contributed by atoms with Crippen molar-refractivity contribution in [2.75, 3.05) is 0 Å². The summed E-state index contributed by atoms with van der Waals surface area (Å²) >= 11 is 0. The molecule has 1 aliphatic carbocycles. The average molecular weight is 318 g/mol. The molecule has 0 aromatic heterocycles. The SMILES string of the molecule is O=C(NC12CCCC(C1)N(C(=O)O)C2=O)OCc1ccccc1. The molecule has 0 spiro atoms. The maximum absolute atomic E-state index is 12.4. The first-order valence-corrected chi connectivity index (χ1v) is 7.57. The van der Waals surface area contributed by atoms with Crippen LogP contribution in [0.15, 0.2) is 30.3 Å². The largest absolute Gasteiger partial charge is 0.465 e. The van der Waals surface area contributed by atoms with E-state index in [2.05, 4.69) is 5.32 Å². The molecule has 7 nitrogen and oxygen atoms in total. The Morgan fingerprint density at radius 1 is 1.35 bits per heavy atom. The van der Waals surface area contributed by atoms with Crippen LogP contribution in [0, 0.1) is 0 Å². The van der Waals surface area contributed by atoms with Crippen LogP contribution < -0.4 is 5.32 Å². The average Bonchev–Trinajstić information content (AvgIpc) is 2.72. The van der Waals surface area contributed by atoms with Crippen molar-refractivity contribution in [2.24, 2.45) is 0 Å². The molecule has 1 saturated heterocycles. The number of benzene rings is 1. The van der Waals surface area contributed by atoms with Crippen molar-refractivity contribution in [3.05, 3.63) is 35.9 Å². The van der Waals surface area contributed by atoms with E-state index < -0.39 is 23.6 Å². The smallest absolute Gasteiger partial charge is 0.414 e. The zero-order valence-electron chi connectivity index (χ0n) is 12.5. The van der Waals surface area contributed by atoms with Gasteiger partial charge >= 0.3 is 12.2 Å². The van der Waals surface area contributed by atoms with E-state index in [9.17, 15) is 19.5 Å². The third kappa shape index (κ3) is 2.86. The molecular formula is C16H18N2O5. The first kappa shape index (κ1) is 15.3. The lowest BCUT2D eigenvalue weighted by Crippen LogP contribution is -2.54. The first-order chi connectivity index (χ1) is 11.0. The van der Waals surface area contributed by atoms with Crippen LogP contribution in [-0.2, 0) is 16.1 Å². The monoisotopic (exact) mass is 318 g/mol. The first-order valence-electron chi connectivity index (χ1n) is 7.57. The zero-order valence-corrected chi connectivity index (χ0v) is 12.5. The highest BCUT2D eigenvalue weighted by atomic mass is 16.5. The van der Waals surface area contributed by atoms with Crippen LogP contribution in [-0.4, -0.2) is 39.7 Å². The van der Waals surface area contributed by atoms with Gasteiger partial charge < -0.3 is 15.2 Å². The molecule has 2 fully saturated rings. The second kappa shape index (κ2) is 5.91. The van der Waals surface area contributed by atoms with Crippen LogP contribution >= 0.6 is 0 Å². The molecule has 1 saturated carbocycles. The molecule has 1 aromatic carbocycles. The number of imide groups is 1. The van der Waals surface area contributed by atoms with Crippen LogP contribution in [0.5, 0.6) is 0 Å². The van der Waals surface area contributed by atoms with Gasteiger partial charge in [-0.1, -0.05) is 30.3 Å². The van der Waals surface area contributed by atoms with Gasteiger partial charge in [0.05, 0.1) is 0 Å². The van der Waals surface area contributed by atoms with E-state index in [0.29, 0.717) is 25.7 Å². The molecule has 3 amide bonds. The molecule has 2 atom stereocenters. The second-order valence-corrected chi connectivity index (χ2v) is 5.98. The number of nitrogens with zero attached hydrogens (tertiary/aromatic N) is 1. The predicted octanol–water partition coefficient (Wildman–Crippen LogP) is 2.11. The Morgan fingerprint density at radius 2 is 2.09 bits per heavy atom. The topological polar surface area (TPSA) is 95.9 Å². The Labute approximate surface area is 133 Å². The Hall–Kier alpha value is -2.57. The van der Waals surface area contributed by atoms with E-state index in [1.165, 1.54) is 0 Å². The molecule has 122 valence electrons. The molecule has 2 unspecified atom stereocenters. The maximum atomic E-state index is 12.4. The number of nitrogens with one attached hydrogen (secondary N) is 1. The summed E-state index contributed by atoms with van der Waals surface area (Å²) in [5.74, 6) is -0.552. The lowest BCUT2D eigenvalue weighted by molar-refractivity contribution is -0.131. The highest BCUT2D eigenvalue weighted by Gasteiger charge is 2.57. The van der Waals surface area contributed by atoms with Gasteiger partial charge in [-0.2, -0.15) is 0 Å². The molecule has 2 aliphatic rings. The van der Waals surface area contributed by atoms with E-state index in [1.807, 2.05) is 30.3 Å². The summed E-state index contributed by atoms with van der Waals surface area (Å²) in [6.07, 6.45) is 0.128. The van der Waals surface area contributed by atoms with Crippen molar-refractivity contribution in [1.29, 1.82) is 0 Å². The number of amides is 3. The third-order valence-electron chi connectivity index (χ3n) is 4.48. The van der Waals surface area contributed by atoms with Crippen LogP contribution in [0.1, 0.15) is 31.2 Å². The van der Waals surface area contributed by atoms with E-state index in [0.717, 1.165) is 10.5 Å². The zero-order chi connectivity index (χ0) is 16.4. The highest BCUT2D eigenvalue weighted by molar-refractivity contribution is 6.01. The second-order valence-electron chi connectivity index (χ2n) is 5.98. The minimum atomic E-state index is -1.26. The predicted molar refractivity (Wildman–Crippen MR) is 79.6 cm³/mol. The Balaban J connectivity index is 1.65. The fourth-order valence-corrected chi connectivity index (χ4v) is 3.42. The van der Waals surface area contributed by atoms with Gasteiger partial charge in [0.15, 0.2) is 0 Å². The van der Waals surface area contributed by atoms with Crippen LogP contribution in [0.3, 0.4) is 0 Å². The van der Waals surface area contributed by atoms with Gasteiger partial charge in [-0.3, -0.25) is 4.79 Å². The van der Waals surface area contributed by atoms with Crippen molar-refractivity contribution in [1.82, 2.24) is 10.2 Å². The molecule has 2 bridgehead atoms. The summed E-state index contributed by atoms with van der Waals surface area (Å²) in [6, 6.07) is 8.84. The van der Waals surface area contributed by atoms with Crippen molar-refractivity contribution >= 4 is 18.1 Å². The molecule has 1 heterocycles. The normalized spacial score (nSPS) is 26.0. The number of hydrogen-bond donors (Lipinski definition) is 2. The van der Waals surface area contributed by atoms with E-state index in [-0.39, 0.29) is 12.6 Å². The van der Waals surface area contributed by atoms with Crippen molar-refractivity contribution in [3.63, 3.8) is 0 Å². The molecule has 7 heteroatoms. The summed E-state index contributed by atoms with van der Waals surface area (Å²) in [5, 5.41) is 11.8. The standard InChI is InChI=1S/C16H18N2O5/c19-13-16(8-4-7-12(9-16)18(13)15(21)22)17-14(20)23-10-11-5-2-1-3-6-11/h1-3,5-6,12H,4,7-10H2,(H,17,20)(H,21,22). The van der Waals surface area contributed by atoms with Gasteiger partial charge in [0.1, 0.15) is 12.1 Å². The van der Waals surface area contributed by atoms with Crippen molar-refractivity contribution in [3.8, 4) is 0 Å². The summed E-state index contributed by atoms with van der Waals surface area (Å²) in [4.78, 5) is 36.6. The third-order valence-corrected chi connectivity index (χ3v) is 4.48. The van der Waals surface area contributed by atoms with Gasteiger partial charge in [0, 0.05) is 12.5 Å². The minimum Gasteiger partial charge on any atom is -0.465 e. The number of hydrogen-bond acceptors (Lipinski definition) is 4. The molecule has 2 N–H and O–H groups in total. The number of rotatable bonds is 3. The number of carbonyl (C=O) groups excluding carboxylic acids is 2. The number of carbonyl (C=O) groups is 3. The van der Waals surface area contributed by atoms with E-state index in [1.54, 1.807) is 0 Å². The fraction of sp³-hybridized carbons (Fsp3) is 0.438. The van der Waals surface area contributed by atoms with Crippen molar-refractivity contribution in [2.45, 2.75) is 43.9 Å². The summed E-state index contributed by atoms with van der Waals surface area (Å²) < 4.78 is 5.15. The molecule has 23 heavy (non-hydrogen) atoms. The number of ether oxygens (including phenoxy) is 1. The van der Waals surface area contributed by atoms with Gasteiger partial charge in [-0.15, -0.1) is 0 Å². The maximum Gasteiger partial charge on any atom is 0.414 e. The fourth-order valence-electron chi connectivity index (χ4n) is 3.42. The molecular weight excluding hydrogens is 300 g/mol. The van der Waals surface area contributed by atoms with Crippen LogP contribution in [0.4, 0.5) is 9.59 Å². The van der Waals surface area contributed by atoms with E-state index >= 15 is 0 Å². The number of likely N-dealkylation sites (tertiary alicyclic amines) is 1. The van der Waals surface area contributed by atoms with Crippen LogP contribution in [0.25, 0.3) is 0 Å². The van der Waals surface area contributed by atoms with Gasteiger partial charge in [-0.05, 0) is 24.8 Å². The van der Waals surface area contributed by atoms with Gasteiger partial charge in [0.25, 0.3) is 5.91 Å². The van der Waals surface area contributed by atoms with Gasteiger partial charge in [-0.25, -0.2) is 14.5 Å². The molecule has 0 radical (unpaired) electrons. The van der Waals surface area contributed by atoms with E-state index in [4.69, 9.17) is 4.74 Å². The Kier molecular flexibility index (Phi) is 3.94. The Morgan fingerprint density at radius 3 is 2.78 bits per heavy atom. The summed E-state index contributed by atoms with van der Waals surface area (Å²) in [6.45, 7) is 0.100. The molecule has 3 rings (SSSR count). The minimum absolute atomic E-state index is 0.100. The molecule has 1 aliphatic heterocycles. The number of fused-ring (bicyclic) bond motifs is 2. The molecule has 1 aromatic rings. The summed E-state index contributed by atoms with van der Waals surface area (Å²) in [7, 11) is 0. The lowest BCUT2D eigenvalue weighted by Gasteiger charge is -2.29. The quantitative estimate of drug-likeness (QED) is 0.890. The number of carboxylic acid groups (broad SMARTS) is 1. The van der Waals surface area contributed by atoms with Crippen molar-refractivity contribution < 1.29 is 24.2 Å². The highest BCUT2D eigenvalue weighted by Crippen LogP contribution is 2.40. The lowest BCUT2D eigenvalue weighted by atomic mass is 9.83. The van der Waals surface area contributed by atoms with Gasteiger partial charge in [0.2, 0.25) is 0 Å².